The summed E-state index contributed by atoms with van der Waals surface area (Å²) in [5.41, 5.74) is -0.859. The van der Waals surface area contributed by atoms with E-state index in [9.17, 15) is 13.2 Å². The summed E-state index contributed by atoms with van der Waals surface area (Å²) in [5.74, 6) is 0.815. The van der Waals surface area contributed by atoms with Gasteiger partial charge in [0.1, 0.15) is 16.5 Å². The topological polar surface area (TPSA) is 25.8 Å². The maximum atomic E-state index is 12.6. The zero-order valence-corrected chi connectivity index (χ0v) is 10.1. The summed E-state index contributed by atoms with van der Waals surface area (Å²) in [4.78, 5) is 7.62. The van der Waals surface area contributed by atoms with E-state index in [1.165, 1.54) is 11.8 Å². The Morgan fingerprint density at radius 3 is 2.38 bits per heavy atom. The molecular formula is C10H13F3N2S. The van der Waals surface area contributed by atoms with Gasteiger partial charge >= 0.3 is 6.18 Å². The van der Waals surface area contributed by atoms with Crippen LogP contribution in [0.4, 0.5) is 13.2 Å². The van der Waals surface area contributed by atoms with Crippen LogP contribution in [0, 0.1) is 0 Å². The summed E-state index contributed by atoms with van der Waals surface area (Å²) >= 11 is 1.29. The molecule has 1 aromatic heterocycles. The van der Waals surface area contributed by atoms with Gasteiger partial charge in [0.15, 0.2) is 0 Å². The Morgan fingerprint density at radius 2 is 1.94 bits per heavy atom. The molecule has 0 aliphatic carbocycles. The zero-order chi connectivity index (χ0) is 12.3. The fourth-order valence-electron chi connectivity index (χ4n) is 1.07. The third kappa shape index (κ3) is 3.37. The van der Waals surface area contributed by atoms with Gasteiger partial charge in [0, 0.05) is 12.0 Å². The van der Waals surface area contributed by atoms with Gasteiger partial charge in [0.25, 0.3) is 0 Å². The van der Waals surface area contributed by atoms with Crippen molar-refractivity contribution in [1.29, 1.82) is 0 Å². The molecule has 1 rings (SSSR count). The van der Waals surface area contributed by atoms with E-state index in [-0.39, 0.29) is 11.7 Å². The molecule has 0 unspecified atom stereocenters. The minimum atomic E-state index is -4.41. The molecule has 0 saturated carbocycles. The number of hydrogen-bond donors (Lipinski definition) is 0. The van der Waals surface area contributed by atoms with Crippen molar-refractivity contribution in [1.82, 2.24) is 9.97 Å². The maximum Gasteiger partial charge on any atom is 0.433 e. The van der Waals surface area contributed by atoms with Crippen molar-refractivity contribution in [3.63, 3.8) is 0 Å². The lowest BCUT2D eigenvalue weighted by atomic mass is 10.2. The molecule has 2 nitrogen and oxygen atoms in total. The van der Waals surface area contributed by atoms with Crippen LogP contribution in [-0.4, -0.2) is 15.7 Å². The molecule has 0 fully saturated rings. The highest BCUT2D eigenvalue weighted by atomic mass is 32.2. The number of halogens is 3. The van der Waals surface area contributed by atoms with Crippen LogP contribution in [-0.2, 0) is 6.18 Å². The summed E-state index contributed by atoms with van der Waals surface area (Å²) in [7, 11) is 0. The van der Waals surface area contributed by atoms with Crippen LogP contribution in [0.2, 0.25) is 0 Å². The van der Waals surface area contributed by atoms with Crippen molar-refractivity contribution >= 4 is 11.8 Å². The molecule has 0 radical (unpaired) electrons. The molecule has 0 aromatic carbocycles. The number of hydrogen-bond acceptors (Lipinski definition) is 3. The Bertz CT molecular complexity index is 364. The number of aromatic nitrogens is 2. The van der Waals surface area contributed by atoms with Crippen molar-refractivity contribution in [2.24, 2.45) is 0 Å². The number of nitrogens with zero attached hydrogens (tertiary/aromatic N) is 2. The van der Waals surface area contributed by atoms with Crippen molar-refractivity contribution in [2.75, 3.05) is 5.75 Å². The molecule has 1 aromatic rings. The summed E-state index contributed by atoms with van der Waals surface area (Å²) in [5, 5.41) is 0.383. The highest BCUT2D eigenvalue weighted by molar-refractivity contribution is 7.99. The molecule has 0 aliphatic rings. The van der Waals surface area contributed by atoms with E-state index >= 15 is 0 Å². The SMILES string of the molecule is CCSc1cc(C(F)(F)F)nc(C(C)C)n1. The average Bonchev–Trinajstić information content (AvgIpc) is 2.16. The summed E-state index contributed by atoms with van der Waals surface area (Å²) in [6.45, 7) is 5.42. The first-order chi connectivity index (χ1) is 7.34. The summed E-state index contributed by atoms with van der Waals surface area (Å²) < 4.78 is 37.7. The lowest BCUT2D eigenvalue weighted by Crippen LogP contribution is -2.12. The van der Waals surface area contributed by atoms with E-state index in [1.807, 2.05) is 6.92 Å². The Labute approximate surface area is 96.7 Å². The van der Waals surface area contributed by atoms with E-state index in [0.29, 0.717) is 10.8 Å². The van der Waals surface area contributed by atoms with Crippen molar-refractivity contribution in [3.8, 4) is 0 Å². The Hall–Kier alpha value is -0.780. The van der Waals surface area contributed by atoms with Crippen LogP contribution < -0.4 is 0 Å². The summed E-state index contributed by atoms with van der Waals surface area (Å²) in [6, 6.07) is 1.00. The Kier molecular flexibility index (Phi) is 4.18. The molecule has 6 heteroatoms. The monoisotopic (exact) mass is 250 g/mol. The van der Waals surface area contributed by atoms with Crippen molar-refractivity contribution in [3.05, 3.63) is 17.6 Å². The van der Waals surface area contributed by atoms with Crippen LogP contribution >= 0.6 is 11.8 Å². The molecule has 1 heterocycles. The van der Waals surface area contributed by atoms with Gasteiger partial charge in [0.2, 0.25) is 0 Å². The highest BCUT2D eigenvalue weighted by Crippen LogP contribution is 2.30. The fourth-order valence-corrected chi connectivity index (χ4v) is 1.72. The molecule has 0 N–H and O–H groups in total. The van der Waals surface area contributed by atoms with Gasteiger partial charge < -0.3 is 0 Å². The van der Waals surface area contributed by atoms with Gasteiger partial charge in [-0.05, 0) is 5.75 Å². The molecule has 0 atom stereocenters. The molecule has 0 aliphatic heterocycles. The van der Waals surface area contributed by atoms with Crippen LogP contribution in [0.5, 0.6) is 0 Å². The second-order valence-corrected chi connectivity index (χ2v) is 4.82. The second-order valence-electron chi connectivity index (χ2n) is 3.54. The molecule has 16 heavy (non-hydrogen) atoms. The molecule has 90 valence electrons. The lowest BCUT2D eigenvalue weighted by Gasteiger charge is -2.11. The molecule has 0 bridgehead atoms. The van der Waals surface area contributed by atoms with Crippen LogP contribution in [0.3, 0.4) is 0 Å². The van der Waals surface area contributed by atoms with E-state index in [2.05, 4.69) is 9.97 Å². The van der Waals surface area contributed by atoms with Crippen LogP contribution in [0.25, 0.3) is 0 Å². The van der Waals surface area contributed by atoms with Gasteiger partial charge in [-0.15, -0.1) is 11.8 Å². The fraction of sp³-hybridized carbons (Fsp3) is 0.600. The Balaban J connectivity index is 3.19. The third-order valence-electron chi connectivity index (χ3n) is 1.82. The van der Waals surface area contributed by atoms with Gasteiger partial charge in [-0.3, -0.25) is 0 Å². The molecule has 0 spiro atoms. The van der Waals surface area contributed by atoms with Gasteiger partial charge in [-0.1, -0.05) is 20.8 Å². The van der Waals surface area contributed by atoms with Crippen LogP contribution in [0.1, 0.15) is 38.2 Å². The predicted octanol–water partition coefficient (Wildman–Crippen LogP) is 3.73. The number of rotatable bonds is 3. The normalized spacial score (nSPS) is 12.2. The minimum Gasteiger partial charge on any atom is -0.228 e. The maximum absolute atomic E-state index is 12.6. The quantitative estimate of drug-likeness (QED) is 0.604. The van der Waals surface area contributed by atoms with Gasteiger partial charge in [0.05, 0.1) is 0 Å². The number of alkyl halides is 3. The number of thioether (sulfide) groups is 1. The molecule has 0 amide bonds. The van der Waals surface area contributed by atoms with Crippen molar-refractivity contribution < 1.29 is 13.2 Å². The Morgan fingerprint density at radius 1 is 1.31 bits per heavy atom. The zero-order valence-electron chi connectivity index (χ0n) is 9.30. The van der Waals surface area contributed by atoms with Gasteiger partial charge in [-0.2, -0.15) is 13.2 Å². The van der Waals surface area contributed by atoms with Crippen molar-refractivity contribution in [2.45, 2.75) is 37.9 Å². The average molecular weight is 250 g/mol. The first kappa shape index (κ1) is 13.3. The first-order valence-electron chi connectivity index (χ1n) is 4.93. The van der Waals surface area contributed by atoms with E-state index in [1.54, 1.807) is 13.8 Å². The van der Waals surface area contributed by atoms with E-state index < -0.39 is 11.9 Å². The first-order valence-corrected chi connectivity index (χ1v) is 5.92. The van der Waals surface area contributed by atoms with Crippen LogP contribution in [0.15, 0.2) is 11.1 Å². The second kappa shape index (κ2) is 5.03. The predicted molar refractivity (Wildman–Crippen MR) is 57.5 cm³/mol. The smallest absolute Gasteiger partial charge is 0.228 e. The highest BCUT2D eigenvalue weighted by Gasteiger charge is 2.33. The lowest BCUT2D eigenvalue weighted by molar-refractivity contribution is -0.141. The molecular weight excluding hydrogens is 237 g/mol. The molecule has 0 saturated heterocycles. The minimum absolute atomic E-state index is 0.112. The third-order valence-corrected chi connectivity index (χ3v) is 2.61. The summed E-state index contributed by atoms with van der Waals surface area (Å²) in [6.07, 6.45) is -4.41. The van der Waals surface area contributed by atoms with E-state index in [0.717, 1.165) is 6.07 Å². The standard InChI is InChI=1S/C10H13F3N2S/c1-4-16-8-5-7(10(11,12)13)14-9(15-8)6(2)3/h5-6H,4H2,1-3H3. The van der Waals surface area contributed by atoms with E-state index in [4.69, 9.17) is 0 Å². The van der Waals surface area contributed by atoms with Gasteiger partial charge in [-0.25, -0.2) is 9.97 Å². The largest absolute Gasteiger partial charge is 0.433 e.